The Kier molecular flexibility index (Phi) is 3.09. The molecule has 3 unspecified atom stereocenters. The van der Waals surface area contributed by atoms with Gasteiger partial charge in [0.15, 0.2) is 0 Å². The van der Waals surface area contributed by atoms with Crippen molar-refractivity contribution in [3.8, 4) is 0 Å². The highest BCUT2D eigenvalue weighted by Gasteiger charge is 2.45. The summed E-state index contributed by atoms with van der Waals surface area (Å²) in [4.78, 5) is 0. The van der Waals surface area contributed by atoms with E-state index in [1.807, 2.05) is 6.92 Å². The van der Waals surface area contributed by atoms with Gasteiger partial charge in [0.1, 0.15) is 5.60 Å². The molecule has 3 heteroatoms. The molecule has 2 N–H and O–H groups in total. The molecule has 3 atom stereocenters. The Morgan fingerprint density at radius 3 is 2.58 bits per heavy atom. The predicted molar refractivity (Wildman–Crippen MR) is 48.0 cm³/mol. The van der Waals surface area contributed by atoms with Crippen LogP contribution in [0.3, 0.4) is 0 Å². The molecule has 0 amide bonds. The van der Waals surface area contributed by atoms with E-state index in [0.717, 1.165) is 0 Å². The lowest BCUT2D eigenvalue weighted by Gasteiger charge is -2.30. The van der Waals surface area contributed by atoms with Crippen LogP contribution >= 0.6 is 0 Å². The van der Waals surface area contributed by atoms with E-state index in [2.05, 4.69) is 13.8 Å². The molecule has 0 spiro atoms. The standard InChI is InChI=1S/C9H19NO2/c1-4-12-9(5-10)6-11-8(3)7(9)2/h7-8H,4-6,10H2,1-3H3. The minimum absolute atomic E-state index is 0.228. The summed E-state index contributed by atoms with van der Waals surface area (Å²) in [6.07, 6.45) is 0.264. The quantitative estimate of drug-likeness (QED) is 0.685. The van der Waals surface area contributed by atoms with Gasteiger partial charge in [0.05, 0.1) is 12.7 Å². The molecule has 1 aliphatic rings. The molecule has 3 nitrogen and oxygen atoms in total. The van der Waals surface area contributed by atoms with E-state index in [0.29, 0.717) is 25.7 Å². The van der Waals surface area contributed by atoms with Gasteiger partial charge in [-0.05, 0) is 13.8 Å². The molecule has 0 aliphatic carbocycles. The van der Waals surface area contributed by atoms with Gasteiger partial charge >= 0.3 is 0 Å². The van der Waals surface area contributed by atoms with Crippen LogP contribution in [-0.4, -0.2) is 31.5 Å². The predicted octanol–water partition coefficient (Wildman–Crippen LogP) is 0.775. The molecule has 0 saturated carbocycles. The molecule has 1 rings (SSSR count). The van der Waals surface area contributed by atoms with Crippen LogP contribution in [0.15, 0.2) is 0 Å². The zero-order chi connectivity index (χ0) is 9.19. The van der Waals surface area contributed by atoms with Crippen molar-refractivity contribution in [1.29, 1.82) is 0 Å². The number of nitrogens with two attached hydrogens (primary N) is 1. The van der Waals surface area contributed by atoms with Gasteiger partial charge in [-0.3, -0.25) is 0 Å². The third kappa shape index (κ3) is 1.49. The van der Waals surface area contributed by atoms with Crippen molar-refractivity contribution in [1.82, 2.24) is 0 Å². The molecule has 0 radical (unpaired) electrons. The van der Waals surface area contributed by atoms with E-state index >= 15 is 0 Å². The number of hydrogen-bond acceptors (Lipinski definition) is 3. The van der Waals surface area contributed by atoms with Crippen molar-refractivity contribution in [3.63, 3.8) is 0 Å². The molecule has 72 valence electrons. The second-order valence-corrected chi connectivity index (χ2v) is 3.51. The largest absolute Gasteiger partial charge is 0.375 e. The molecular formula is C9H19NO2. The van der Waals surface area contributed by atoms with Crippen LogP contribution in [0.4, 0.5) is 0 Å². The van der Waals surface area contributed by atoms with Gasteiger partial charge in [0.25, 0.3) is 0 Å². The molecule has 0 aromatic heterocycles. The maximum absolute atomic E-state index is 5.70. The Bertz CT molecular complexity index is 147. The minimum atomic E-state index is -0.228. The van der Waals surface area contributed by atoms with Gasteiger partial charge < -0.3 is 15.2 Å². The van der Waals surface area contributed by atoms with E-state index < -0.39 is 0 Å². The van der Waals surface area contributed by atoms with Crippen molar-refractivity contribution in [2.24, 2.45) is 11.7 Å². The SMILES string of the molecule is CCOC1(CN)COC(C)C1C. The Hall–Kier alpha value is -0.120. The maximum atomic E-state index is 5.70. The monoisotopic (exact) mass is 173 g/mol. The van der Waals surface area contributed by atoms with E-state index in [-0.39, 0.29) is 11.7 Å². The third-order valence-electron chi connectivity index (χ3n) is 2.90. The lowest BCUT2D eigenvalue weighted by molar-refractivity contribution is -0.0557. The highest BCUT2D eigenvalue weighted by Crippen LogP contribution is 2.32. The second kappa shape index (κ2) is 3.73. The maximum Gasteiger partial charge on any atom is 0.109 e. The number of hydrogen-bond donors (Lipinski definition) is 1. The Balaban J connectivity index is 2.66. The van der Waals surface area contributed by atoms with Crippen LogP contribution in [0.25, 0.3) is 0 Å². The zero-order valence-electron chi connectivity index (χ0n) is 8.17. The first-order valence-electron chi connectivity index (χ1n) is 4.62. The van der Waals surface area contributed by atoms with E-state index in [1.165, 1.54) is 0 Å². The molecular weight excluding hydrogens is 154 g/mol. The van der Waals surface area contributed by atoms with E-state index in [9.17, 15) is 0 Å². The summed E-state index contributed by atoms with van der Waals surface area (Å²) in [6.45, 7) is 8.10. The van der Waals surface area contributed by atoms with Crippen LogP contribution in [0, 0.1) is 5.92 Å². The fraction of sp³-hybridized carbons (Fsp3) is 1.00. The van der Waals surface area contributed by atoms with Crippen molar-refractivity contribution < 1.29 is 9.47 Å². The number of rotatable bonds is 3. The highest BCUT2D eigenvalue weighted by atomic mass is 16.6. The van der Waals surface area contributed by atoms with Gasteiger partial charge in [0.2, 0.25) is 0 Å². The van der Waals surface area contributed by atoms with Crippen molar-refractivity contribution >= 4 is 0 Å². The molecule has 0 aromatic carbocycles. The fourth-order valence-electron chi connectivity index (χ4n) is 1.74. The topological polar surface area (TPSA) is 44.5 Å². The van der Waals surface area contributed by atoms with Crippen molar-refractivity contribution in [3.05, 3.63) is 0 Å². The van der Waals surface area contributed by atoms with Gasteiger partial charge in [-0.1, -0.05) is 6.92 Å². The molecule has 0 aromatic rings. The smallest absolute Gasteiger partial charge is 0.109 e. The van der Waals surface area contributed by atoms with E-state index in [4.69, 9.17) is 15.2 Å². The summed E-state index contributed by atoms with van der Waals surface area (Å²) in [5.41, 5.74) is 5.47. The number of ether oxygens (including phenoxy) is 2. The van der Waals surface area contributed by atoms with Gasteiger partial charge in [-0.15, -0.1) is 0 Å². The Morgan fingerprint density at radius 1 is 1.58 bits per heavy atom. The molecule has 1 saturated heterocycles. The van der Waals surface area contributed by atoms with Crippen LogP contribution < -0.4 is 5.73 Å². The first kappa shape index (κ1) is 9.96. The lowest BCUT2D eigenvalue weighted by Crippen LogP contribution is -2.47. The summed E-state index contributed by atoms with van der Waals surface area (Å²) in [5.74, 6) is 0.391. The highest BCUT2D eigenvalue weighted by molar-refractivity contribution is 4.95. The van der Waals surface area contributed by atoms with Crippen LogP contribution in [0.2, 0.25) is 0 Å². The van der Waals surface area contributed by atoms with Crippen molar-refractivity contribution in [2.75, 3.05) is 19.8 Å². The van der Waals surface area contributed by atoms with Crippen LogP contribution in [0.5, 0.6) is 0 Å². The third-order valence-corrected chi connectivity index (χ3v) is 2.90. The van der Waals surface area contributed by atoms with Gasteiger partial charge in [-0.25, -0.2) is 0 Å². The Labute approximate surface area is 74.2 Å². The molecule has 12 heavy (non-hydrogen) atoms. The summed E-state index contributed by atoms with van der Waals surface area (Å²) in [6, 6.07) is 0. The van der Waals surface area contributed by atoms with Crippen molar-refractivity contribution in [2.45, 2.75) is 32.5 Å². The lowest BCUT2D eigenvalue weighted by atomic mass is 9.88. The molecule has 0 bridgehead atoms. The van der Waals surface area contributed by atoms with Crippen LogP contribution in [-0.2, 0) is 9.47 Å². The zero-order valence-corrected chi connectivity index (χ0v) is 8.17. The molecule has 1 heterocycles. The fourth-order valence-corrected chi connectivity index (χ4v) is 1.74. The summed E-state index contributed by atoms with van der Waals surface area (Å²) < 4.78 is 11.2. The second-order valence-electron chi connectivity index (χ2n) is 3.51. The van der Waals surface area contributed by atoms with Crippen LogP contribution in [0.1, 0.15) is 20.8 Å². The summed E-state index contributed by atoms with van der Waals surface area (Å²) in [5, 5.41) is 0. The first-order valence-corrected chi connectivity index (χ1v) is 4.62. The summed E-state index contributed by atoms with van der Waals surface area (Å²) >= 11 is 0. The first-order chi connectivity index (χ1) is 5.66. The molecule has 1 fully saturated rings. The van der Waals surface area contributed by atoms with Gasteiger partial charge in [0, 0.05) is 19.1 Å². The normalized spacial score (nSPS) is 42.0. The average molecular weight is 173 g/mol. The van der Waals surface area contributed by atoms with Gasteiger partial charge in [-0.2, -0.15) is 0 Å². The average Bonchev–Trinajstić information content (AvgIpc) is 2.35. The van der Waals surface area contributed by atoms with E-state index in [1.54, 1.807) is 0 Å². The Morgan fingerprint density at radius 2 is 2.25 bits per heavy atom. The summed E-state index contributed by atoms with van der Waals surface area (Å²) in [7, 11) is 0. The minimum Gasteiger partial charge on any atom is -0.375 e. The molecule has 1 aliphatic heterocycles.